The monoisotopic (exact) mass is 412 g/mol. The minimum Gasteiger partial charge on any atom is -0.465 e. The summed E-state index contributed by atoms with van der Waals surface area (Å²) in [7, 11) is 1.45. The van der Waals surface area contributed by atoms with Gasteiger partial charge in [0.25, 0.3) is 0 Å². The zero-order valence-corrected chi connectivity index (χ0v) is 15.4. The molecule has 0 aromatic carbocycles. The molecule has 3 rings (SSSR count). The molecule has 0 aliphatic heterocycles. The molecule has 10 nitrogen and oxygen atoms in total. The number of nitrogens with two attached hydrogens (primary N) is 1. The molecular weight excluding hydrogens is 398 g/mol. The van der Waals surface area contributed by atoms with Gasteiger partial charge < -0.3 is 10.8 Å². The molecule has 0 aliphatic carbocycles. The molecule has 0 fully saturated rings. The van der Waals surface area contributed by atoms with Gasteiger partial charge in [-0.25, -0.2) is 28.8 Å². The number of aromatic nitrogens is 6. The Balaban J connectivity index is 0.00000280. The molecule has 28 heavy (non-hydrogen) atoms. The molecule has 3 aromatic rings. The number of pyridine rings is 1. The zero-order valence-electron chi connectivity index (χ0n) is 14.6. The third-order valence-electron chi connectivity index (χ3n) is 3.79. The van der Waals surface area contributed by atoms with Crippen LogP contribution in [0.25, 0.3) is 11.5 Å². The number of hydrogen-bond donors (Lipinski definition) is 2. The lowest BCUT2D eigenvalue weighted by Gasteiger charge is -2.26. The number of halogens is 3. The van der Waals surface area contributed by atoms with Gasteiger partial charge >= 0.3 is 6.09 Å². The minimum atomic E-state index is -1.44. The van der Waals surface area contributed by atoms with Crippen molar-refractivity contribution in [3.8, 4) is 11.5 Å². The van der Waals surface area contributed by atoms with Crippen molar-refractivity contribution in [3.63, 3.8) is 0 Å². The van der Waals surface area contributed by atoms with Gasteiger partial charge in [-0.05, 0) is 13.0 Å². The topological polar surface area (TPSA) is 136 Å². The average Bonchev–Trinajstić information content (AvgIpc) is 2.99. The fourth-order valence-electron chi connectivity index (χ4n) is 2.54. The van der Waals surface area contributed by atoms with E-state index in [9.17, 15) is 18.7 Å². The molecule has 0 saturated carbocycles. The Kier molecular flexibility index (Phi) is 6.03. The van der Waals surface area contributed by atoms with Crippen molar-refractivity contribution < 1.29 is 18.7 Å². The van der Waals surface area contributed by atoms with Crippen molar-refractivity contribution in [1.82, 2.24) is 29.9 Å². The van der Waals surface area contributed by atoms with Crippen molar-refractivity contribution >= 4 is 30.0 Å². The van der Waals surface area contributed by atoms with E-state index in [0.717, 1.165) is 11.0 Å². The highest BCUT2D eigenvalue weighted by molar-refractivity contribution is 5.90. The molecule has 0 unspecified atom stereocenters. The van der Waals surface area contributed by atoms with Crippen molar-refractivity contribution in [2.45, 2.75) is 13.0 Å². The van der Waals surface area contributed by atoms with Gasteiger partial charge in [-0.2, -0.15) is 4.39 Å². The number of carboxylic acid groups (broad SMARTS) is 1. The predicted molar refractivity (Wildman–Crippen MR) is 96.8 cm³/mol. The van der Waals surface area contributed by atoms with Gasteiger partial charge in [-0.3, -0.25) is 4.90 Å². The molecule has 148 valence electrons. The quantitative estimate of drug-likeness (QED) is 0.622. The Morgan fingerprint density at radius 1 is 1.25 bits per heavy atom. The fourth-order valence-corrected chi connectivity index (χ4v) is 2.54. The molecule has 3 N–H and O–H groups in total. The van der Waals surface area contributed by atoms with E-state index in [0.29, 0.717) is 11.9 Å². The summed E-state index contributed by atoms with van der Waals surface area (Å²) in [6.07, 6.45) is 1.92. The van der Waals surface area contributed by atoms with Gasteiger partial charge in [0, 0.05) is 12.6 Å². The number of nitrogen functional groups attached to an aromatic ring is 1. The molecule has 1 amide bonds. The summed E-state index contributed by atoms with van der Waals surface area (Å²) >= 11 is 0. The first kappa shape index (κ1) is 20.9. The largest absolute Gasteiger partial charge is 0.465 e. The van der Waals surface area contributed by atoms with Gasteiger partial charge in [-0.15, -0.1) is 17.5 Å². The molecule has 3 heterocycles. The number of anilines is 2. The number of nitrogens with zero attached hydrogens (tertiary/aromatic N) is 7. The summed E-state index contributed by atoms with van der Waals surface area (Å²) in [5.41, 5.74) is 5.65. The first-order valence-corrected chi connectivity index (χ1v) is 7.60. The SMILES string of the molecule is C[C@H](c1cc(F)cnc1F)N(C(=O)O)c1c(-c2ncc(N)cn2)nnn1C.Cl. The highest BCUT2D eigenvalue weighted by Crippen LogP contribution is 2.33. The molecule has 0 radical (unpaired) electrons. The molecule has 3 aromatic heterocycles. The van der Waals surface area contributed by atoms with Crippen molar-refractivity contribution in [3.05, 3.63) is 42.0 Å². The fraction of sp³-hybridized carbons (Fsp3) is 0.200. The number of aryl methyl sites for hydroxylation is 1. The molecule has 0 saturated heterocycles. The van der Waals surface area contributed by atoms with Crippen LogP contribution in [0.4, 0.5) is 25.1 Å². The average molecular weight is 413 g/mol. The molecule has 0 bridgehead atoms. The summed E-state index contributed by atoms with van der Waals surface area (Å²) in [4.78, 5) is 24.1. The van der Waals surface area contributed by atoms with E-state index in [1.807, 2.05) is 0 Å². The van der Waals surface area contributed by atoms with Gasteiger partial charge in [0.2, 0.25) is 5.95 Å². The maximum atomic E-state index is 14.1. The standard InChI is InChI=1S/C15H14F2N8O2.ClH/c1-7(10-3-8(16)4-19-12(10)17)25(15(26)27)14-11(22-23-24(14)2)13-20-5-9(18)6-21-13;/h3-7H,18H2,1-2H3,(H,26,27);1H/t7-;/m1./s1. The lowest BCUT2D eigenvalue weighted by molar-refractivity contribution is 0.199. The lowest BCUT2D eigenvalue weighted by atomic mass is 10.1. The van der Waals surface area contributed by atoms with E-state index in [1.54, 1.807) is 0 Å². The van der Waals surface area contributed by atoms with Crippen LogP contribution < -0.4 is 10.6 Å². The molecular formula is C15H15ClF2N8O2. The Morgan fingerprint density at radius 2 is 1.89 bits per heavy atom. The number of rotatable bonds is 4. The van der Waals surface area contributed by atoms with Gasteiger partial charge in [0.05, 0.1) is 30.3 Å². The van der Waals surface area contributed by atoms with Crippen LogP contribution in [-0.4, -0.2) is 41.1 Å². The van der Waals surface area contributed by atoms with E-state index >= 15 is 0 Å². The zero-order chi connectivity index (χ0) is 19.7. The van der Waals surface area contributed by atoms with Crippen molar-refractivity contribution in [2.24, 2.45) is 7.05 Å². The predicted octanol–water partition coefficient (Wildman–Crippen LogP) is 2.19. The second-order valence-corrected chi connectivity index (χ2v) is 5.59. The lowest BCUT2D eigenvalue weighted by Crippen LogP contribution is -2.35. The summed E-state index contributed by atoms with van der Waals surface area (Å²) in [5, 5.41) is 17.4. The number of hydrogen-bond acceptors (Lipinski definition) is 7. The van der Waals surface area contributed by atoms with E-state index < -0.39 is 23.9 Å². The minimum absolute atomic E-state index is 0. The smallest absolute Gasteiger partial charge is 0.413 e. The normalized spacial score (nSPS) is 11.6. The van der Waals surface area contributed by atoms with Crippen LogP contribution in [-0.2, 0) is 7.05 Å². The summed E-state index contributed by atoms with van der Waals surface area (Å²) in [6, 6.07) is -0.262. The van der Waals surface area contributed by atoms with E-state index in [2.05, 4.69) is 25.3 Å². The first-order chi connectivity index (χ1) is 12.8. The maximum Gasteiger partial charge on any atom is 0.413 e. The summed E-state index contributed by atoms with van der Waals surface area (Å²) in [6.45, 7) is 1.38. The van der Waals surface area contributed by atoms with Crippen LogP contribution >= 0.6 is 12.4 Å². The van der Waals surface area contributed by atoms with Gasteiger partial charge in [-0.1, -0.05) is 5.21 Å². The third-order valence-corrected chi connectivity index (χ3v) is 3.79. The van der Waals surface area contributed by atoms with E-state index in [-0.39, 0.29) is 35.3 Å². The van der Waals surface area contributed by atoms with Crippen molar-refractivity contribution in [1.29, 1.82) is 0 Å². The highest BCUT2D eigenvalue weighted by atomic mass is 35.5. The van der Waals surface area contributed by atoms with E-state index in [4.69, 9.17) is 5.73 Å². The number of amides is 1. The Labute approximate surface area is 163 Å². The van der Waals surface area contributed by atoms with Crippen LogP contribution in [0.1, 0.15) is 18.5 Å². The maximum absolute atomic E-state index is 14.1. The summed E-state index contributed by atoms with van der Waals surface area (Å²) < 4.78 is 28.8. The van der Waals surface area contributed by atoms with Gasteiger partial charge in [0.1, 0.15) is 5.82 Å². The Morgan fingerprint density at radius 3 is 2.50 bits per heavy atom. The van der Waals surface area contributed by atoms with E-state index in [1.165, 1.54) is 31.0 Å². The second-order valence-electron chi connectivity index (χ2n) is 5.59. The Hall–Kier alpha value is -3.41. The van der Waals surface area contributed by atoms with Crippen LogP contribution in [0.3, 0.4) is 0 Å². The molecule has 0 aliphatic rings. The molecule has 1 atom stereocenters. The third kappa shape index (κ3) is 3.81. The van der Waals surface area contributed by atoms with Crippen LogP contribution in [0.5, 0.6) is 0 Å². The highest BCUT2D eigenvalue weighted by Gasteiger charge is 2.32. The summed E-state index contributed by atoms with van der Waals surface area (Å²) in [5.74, 6) is -1.74. The number of carbonyl (C=O) groups is 1. The van der Waals surface area contributed by atoms with Crippen LogP contribution in [0.2, 0.25) is 0 Å². The second kappa shape index (κ2) is 8.08. The van der Waals surface area contributed by atoms with Crippen LogP contribution in [0, 0.1) is 11.8 Å². The Bertz CT molecular complexity index is 998. The molecule has 0 spiro atoms. The van der Waals surface area contributed by atoms with Gasteiger partial charge in [0.15, 0.2) is 17.3 Å². The molecule has 13 heteroatoms. The van der Waals surface area contributed by atoms with Crippen LogP contribution in [0.15, 0.2) is 24.7 Å². The first-order valence-electron chi connectivity index (χ1n) is 7.60. The van der Waals surface area contributed by atoms with Crippen molar-refractivity contribution in [2.75, 3.05) is 10.6 Å².